The number of nitrogens with one attached hydrogen (secondary N) is 1. The average Bonchev–Trinajstić information content (AvgIpc) is 2.72. The predicted molar refractivity (Wildman–Crippen MR) is 77.0 cm³/mol. The number of rotatable bonds is 3. The summed E-state index contributed by atoms with van der Waals surface area (Å²) >= 11 is 8.30. The van der Waals surface area contributed by atoms with Crippen molar-refractivity contribution in [1.82, 2.24) is 5.32 Å². The van der Waals surface area contributed by atoms with Gasteiger partial charge in [-0.3, -0.25) is 0 Å². The van der Waals surface area contributed by atoms with Gasteiger partial charge in [-0.15, -0.1) is 11.3 Å². The lowest BCUT2D eigenvalue weighted by molar-refractivity contribution is 0.573. The lowest BCUT2D eigenvalue weighted by atomic mass is 10.1. The van der Waals surface area contributed by atoms with Crippen LogP contribution in [0.3, 0.4) is 0 Å². The summed E-state index contributed by atoms with van der Waals surface area (Å²) in [6.45, 7) is 0. The van der Waals surface area contributed by atoms with E-state index in [1.807, 2.05) is 24.6 Å². The van der Waals surface area contributed by atoms with Gasteiger partial charge in [-0.1, -0.05) is 12.1 Å². The molecule has 0 aliphatic rings. The Morgan fingerprint density at radius 1 is 1.24 bits per heavy atom. The van der Waals surface area contributed by atoms with Crippen LogP contribution in [-0.2, 0) is 0 Å². The van der Waals surface area contributed by atoms with Crippen LogP contribution in [0.2, 0.25) is 0 Å². The second kappa shape index (κ2) is 5.61. The van der Waals surface area contributed by atoms with E-state index in [-0.39, 0.29) is 11.9 Å². The number of benzene rings is 1. The number of hydrogen-bond donors (Lipinski definition) is 1. The first kappa shape index (κ1) is 13.2. The van der Waals surface area contributed by atoms with Crippen LogP contribution in [0.1, 0.15) is 16.5 Å². The first-order chi connectivity index (χ1) is 8.15. The Hall–Kier alpha value is -0.230. The molecule has 1 N–H and O–H groups in total. The molecule has 1 heterocycles. The van der Waals surface area contributed by atoms with Gasteiger partial charge in [-0.05, 0) is 56.4 Å². The molecular formula is C12H10Br2FNS. The highest BCUT2D eigenvalue weighted by atomic mass is 79.9. The molecule has 2 aromatic rings. The maximum absolute atomic E-state index is 14.1. The fraction of sp³-hybridized carbons (Fsp3) is 0.167. The van der Waals surface area contributed by atoms with Crippen molar-refractivity contribution in [2.75, 3.05) is 7.05 Å². The Kier molecular flexibility index (Phi) is 4.36. The van der Waals surface area contributed by atoms with E-state index in [0.29, 0.717) is 10.0 Å². The van der Waals surface area contributed by atoms with Gasteiger partial charge in [0.1, 0.15) is 5.82 Å². The molecule has 2 rings (SSSR count). The summed E-state index contributed by atoms with van der Waals surface area (Å²) in [4.78, 5) is 1.07. The van der Waals surface area contributed by atoms with Gasteiger partial charge in [0.05, 0.1) is 10.5 Å². The molecule has 17 heavy (non-hydrogen) atoms. The Balaban J connectivity index is 2.50. The third-order valence-corrected chi connectivity index (χ3v) is 5.04. The molecule has 1 atom stereocenters. The lowest BCUT2D eigenvalue weighted by Gasteiger charge is -2.17. The van der Waals surface area contributed by atoms with Crippen LogP contribution in [0, 0.1) is 5.82 Å². The quantitative estimate of drug-likeness (QED) is 0.814. The molecule has 0 bridgehead atoms. The molecule has 1 aromatic carbocycles. The standard InChI is InChI=1S/C12H10Br2FNS/c1-16-11(12-9(14)5-6-17-12)7-3-2-4-8(13)10(7)15/h2-6,11,16H,1H3. The number of thiophene rings is 1. The minimum Gasteiger partial charge on any atom is -0.309 e. The van der Waals surface area contributed by atoms with Crippen LogP contribution in [0.15, 0.2) is 38.6 Å². The van der Waals surface area contributed by atoms with E-state index in [1.54, 1.807) is 23.5 Å². The highest BCUT2D eigenvalue weighted by Crippen LogP contribution is 2.35. The normalized spacial score (nSPS) is 12.7. The van der Waals surface area contributed by atoms with Crippen LogP contribution in [0.25, 0.3) is 0 Å². The topological polar surface area (TPSA) is 12.0 Å². The smallest absolute Gasteiger partial charge is 0.142 e. The minimum atomic E-state index is -0.216. The van der Waals surface area contributed by atoms with Gasteiger partial charge in [0.15, 0.2) is 0 Å². The summed E-state index contributed by atoms with van der Waals surface area (Å²) in [7, 11) is 1.83. The summed E-state index contributed by atoms with van der Waals surface area (Å²) in [5.41, 5.74) is 0.644. The molecule has 1 nitrogen and oxygen atoms in total. The lowest BCUT2D eigenvalue weighted by Crippen LogP contribution is -2.18. The molecule has 0 saturated carbocycles. The third kappa shape index (κ3) is 2.62. The molecule has 0 radical (unpaired) electrons. The SMILES string of the molecule is CNC(c1cccc(Br)c1F)c1sccc1Br. The molecular weight excluding hydrogens is 369 g/mol. The van der Waals surface area contributed by atoms with Gasteiger partial charge in [-0.25, -0.2) is 4.39 Å². The van der Waals surface area contributed by atoms with E-state index in [0.717, 1.165) is 9.35 Å². The fourth-order valence-corrected chi connectivity index (χ4v) is 3.79. The molecule has 0 spiro atoms. The summed E-state index contributed by atoms with van der Waals surface area (Å²) in [6, 6.07) is 7.18. The predicted octanol–water partition coefficient (Wildman–Crippen LogP) is 4.72. The van der Waals surface area contributed by atoms with Crippen LogP contribution in [0.5, 0.6) is 0 Å². The van der Waals surface area contributed by atoms with Gasteiger partial charge in [0.25, 0.3) is 0 Å². The van der Waals surface area contributed by atoms with E-state index in [4.69, 9.17) is 0 Å². The number of halogens is 3. The molecule has 1 aromatic heterocycles. The highest BCUT2D eigenvalue weighted by Gasteiger charge is 2.20. The molecule has 0 aliphatic carbocycles. The Morgan fingerprint density at radius 3 is 2.59 bits per heavy atom. The van der Waals surface area contributed by atoms with E-state index in [1.165, 1.54) is 0 Å². The zero-order chi connectivity index (χ0) is 12.4. The van der Waals surface area contributed by atoms with Crippen molar-refractivity contribution in [1.29, 1.82) is 0 Å². The highest BCUT2D eigenvalue weighted by molar-refractivity contribution is 9.10. The fourth-order valence-electron chi connectivity index (χ4n) is 1.68. The summed E-state index contributed by atoms with van der Waals surface area (Å²) < 4.78 is 15.6. The van der Waals surface area contributed by atoms with Crippen molar-refractivity contribution in [2.24, 2.45) is 0 Å². The van der Waals surface area contributed by atoms with Crippen molar-refractivity contribution in [2.45, 2.75) is 6.04 Å². The second-order valence-electron chi connectivity index (χ2n) is 3.50. The van der Waals surface area contributed by atoms with Crippen LogP contribution < -0.4 is 5.32 Å². The van der Waals surface area contributed by atoms with Gasteiger partial charge >= 0.3 is 0 Å². The van der Waals surface area contributed by atoms with E-state index >= 15 is 0 Å². The van der Waals surface area contributed by atoms with Crippen molar-refractivity contribution < 1.29 is 4.39 Å². The second-order valence-corrected chi connectivity index (χ2v) is 6.15. The third-order valence-electron chi connectivity index (χ3n) is 2.49. The van der Waals surface area contributed by atoms with E-state index in [9.17, 15) is 4.39 Å². The minimum absolute atomic E-state index is 0.137. The van der Waals surface area contributed by atoms with Gasteiger partial charge in [0.2, 0.25) is 0 Å². The van der Waals surface area contributed by atoms with Gasteiger partial charge in [-0.2, -0.15) is 0 Å². The largest absolute Gasteiger partial charge is 0.309 e. The molecule has 0 fully saturated rings. The first-order valence-electron chi connectivity index (χ1n) is 4.99. The van der Waals surface area contributed by atoms with Crippen molar-refractivity contribution >= 4 is 43.2 Å². The van der Waals surface area contributed by atoms with E-state index in [2.05, 4.69) is 37.2 Å². The molecule has 1 unspecified atom stereocenters. The molecule has 0 saturated heterocycles. The zero-order valence-electron chi connectivity index (χ0n) is 9.01. The molecule has 5 heteroatoms. The van der Waals surface area contributed by atoms with Crippen molar-refractivity contribution in [3.63, 3.8) is 0 Å². The summed E-state index contributed by atoms with van der Waals surface area (Å²) in [6.07, 6.45) is 0. The van der Waals surface area contributed by atoms with Crippen molar-refractivity contribution in [3.8, 4) is 0 Å². The molecule has 0 aliphatic heterocycles. The Morgan fingerprint density at radius 2 is 2.00 bits per heavy atom. The van der Waals surface area contributed by atoms with Crippen LogP contribution in [-0.4, -0.2) is 7.05 Å². The first-order valence-corrected chi connectivity index (χ1v) is 7.45. The maximum Gasteiger partial charge on any atom is 0.142 e. The van der Waals surface area contributed by atoms with Crippen LogP contribution in [0.4, 0.5) is 4.39 Å². The summed E-state index contributed by atoms with van der Waals surface area (Å²) in [5, 5.41) is 5.13. The monoisotopic (exact) mass is 377 g/mol. The van der Waals surface area contributed by atoms with Gasteiger partial charge in [0, 0.05) is 14.9 Å². The summed E-state index contributed by atoms with van der Waals surface area (Å²) in [5.74, 6) is -0.216. The van der Waals surface area contributed by atoms with Gasteiger partial charge < -0.3 is 5.32 Å². The molecule has 0 amide bonds. The van der Waals surface area contributed by atoms with Crippen LogP contribution >= 0.6 is 43.2 Å². The Bertz CT molecular complexity index is 527. The average molecular weight is 379 g/mol. The maximum atomic E-state index is 14.1. The van der Waals surface area contributed by atoms with Crippen molar-refractivity contribution in [3.05, 3.63) is 54.8 Å². The zero-order valence-corrected chi connectivity index (χ0v) is 13.0. The van der Waals surface area contributed by atoms with E-state index < -0.39 is 0 Å². The number of hydrogen-bond acceptors (Lipinski definition) is 2. The molecule has 90 valence electrons. The Labute approximate surface area is 120 Å².